The first-order valence-electron chi connectivity index (χ1n) is 12.8. The van der Waals surface area contributed by atoms with Gasteiger partial charge in [0.1, 0.15) is 6.04 Å². The van der Waals surface area contributed by atoms with Crippen LogP contribution in [0.4, 0.5) is 0 Å². The minimum atomic E-state index is -0.798. The van der Waals surface area contributed by atoms with Gasteiger partial charge < -0.3 is 20.3 Å². The Morgan fingerprint density at radius 2 is 1.70 bits per heavy atom. The van der Waals surface area contributed by atoms with Crippen LogP contribution in [0.5, 0.6) is 0 Å². The predicted octanol–water partition coefficient (Wildman–Crippen LogP) is 4.73. The lowest BCUT2D eigenvalue weighted by Crippen LogP contribution is -2.61. The molecule has 0 aliphatic heterocycles. The number of ether oxygens (including phenoxy) is 1. The molecule has 8 heteroatoms. The summed E-state index contributed by atoms with van der Waals surface area (Å²) in [5.41, 5.74) is 0.168. The Balaban J connectivity index is 3.31. The summed E-state index contributed by atoms with van der Waals surface area (Å²) < 4.78 is 5.11. The van der Waals surface area contributed by atoms with Gasteiger partial charge in [-0.05, 0) is 49.9 Å². The van der Waals surface area contributed by atoms with Gasteiger partial charge >= 0.3 is 5.97 Å². The molecule has 0 spiro atoms. The first kappa shape index (κ1) is 32.6. The highest BCUT2D eigenvalue weighted by atomic mass is 35.5. The molecule has 0 bridgehead atoms. The summed E-state index contributed by atoms with van der Waals surface area (Å²) in [7, 11) is 3.44. The van der Waals surface area contributed by atoms with Crippen LogP contribution in [0.2, 0.25) is 5.02 Å². The van der Waals surface area contributed by atoms with E-state index in [1.54, 1.807) is 45.0 Å². The van der Waals surface area contributed by atoms with Crippen LogP contribution < -0.4 is 10.6 Å². The normalized spacial score (nSPS) is 15.1. The molecule has 0 aliphatic rings. The maximum Gasteiger partial charge on any atom is 0.333 e. The van der Waals surface area contributed by atoms with E-state index in [2.05, 4.69) is 10.6 Å². The smallest absolute Gasteiger partial charge is 0.333 e. The summed E-state index contributed by atoms with van der Waals surface area (Å²) in [4.78, 5) is 41.3. The Hall–Kier alpha value is -2.38. The predicted molar refractivity (Wildman–Crippen MR) is 150 cm³/mol. The van der Waals surface area contributed by atoms with E-state index in [1.165, 1.54) is 0 Å². The molecule has 0 saturated carbocycles. The third-order valence-corrected chi connectivity index (χ3v) is 6.97. The van der Waals surface area contributed by atoms with Gasteiger partial charge in [0.05, 0.1) is 18.7 Å². The monoisotopic (exact) mass is 535 g/mol. The van der Waals surface area contributed by atoms with Crippen molar-refractivity contribution in [2.45, 2.75) is 85.9 Å². The number of benzene rings is 1. The molecule has 0 aliphatic carbocycles. The van der Waals surface area contributed by atoms with Gasteiger partial charge in [0, 0.05) is 23.1 Å². The van der Waals surface area contributed by atoms with Crippen LogP contribution in [-0.2, 0) is 24.5 Å². The van der Waals surface area contributed by atoms with E-state index in [0.717, 1.165) is 5.56 Å². The number of carbonyl (C=O) groups is 3. The van der Waals surface area contributed by atoms with Crippen molar-refractivity contribution in [3.8, 4) is 0 Å². The summed E-state index contributed by atoms with van der Waals surface area (Å²) in [5.74, 6) is -0.896. The molecule has 1 aromatic carbocycles. The molecule has 37 heavy (non-hydrogen) atoms. The fourth-order valence-electron chi connectivity index (χ4n) is 4.42. The van der Waals surface area contributed by atoms with Gasteiger partial charge in [-0.15, -0.1) is 0 Å². The second-order valence-electron chi connectivity index (χ2n) is 11.5. The van der Waals surface area contributed by atoms with Gasteiger partial charge in [-0.3, -0.25) is 9.59 Å². The maximum atomic E-state index is 13.9. The molecular weight excluding hydrogens is 490 g/mol. The molecule has 0 heterocycles. The molecule has 1 aromatic rings. The van der Waals surface area contributed by atoms with Crippen LogP contribution in [-0.4, -0.2) is 61.5 Å². The molecular formula is C29H46ClN3O4. The highest BCUT2D eigenvalue weighted by molar-refractivity contribution is 6.30. The lowest BCUT2D eigenvalue weighted by atomic mass is 9.76. The zero-order chi connectivity index (χ0) is 28.7. The second kappa shape index (κ2) is 13.4. The Bertz CT molecular complexity index is 982. The van der Waals surface area contributed by atoms with Crippen molar-refractivity contribution in [2.24, 2.45) is 11.3 Å². The minimum absolute atomic E-state index is 0.0291. The third kappa shape index (κ3) is 8.57. The second-order valence-corrected chi connectivity index (χ2v) is 12.0. The molecule has 0 saturated heterocycles. The zero-order valence-corrected chi connectivity index (χ0v) is 25.1. The summed E-state index contributed by atoms with van der Waals surface area (Å²) in [6, 6.07) is 5.66. The van der Waals surface area contributed by atoms with Crippen molar-refractivity contribution in [3.05, 3.63) is 46.5 Å². The summed E-state index contributed by atoms with van der Waals surface area (Å²) in [6.45, 7) is 17.4. The van der Waals surface area contributed by atoms with Crippen LogP contribution in [0.25, 0.3) is 0 Å². The highest BCUT2D eigenvalue weighted by Gasteiger charge is 2.41. The zero-order valence-electron chi connectivity index (χ0n) is 24.4. The van der Waals surface area contributed by atoms with Crippen LogP contribution in [0.1, 0.15) is 67.9 Å². The molecule has 1 rings (SSSR count). The average Bonchev–Trinajstić information content (AvgIpc) is 2.79. The number of nitrogens with zero attached hydrogens (tertiary/aromatic N) is 1. The molecule has 0 unspecified atom stereocenters. The lowest BCUT2D eigenvalue weighted by molar-refractivity contribution is -0.141. The standard InChI is InChI=1S/C29H46ClN3O4/c1-12-37-27(36)19(4)16-22(18(2)3)33(11)26(35)24(28(5,6)7)32-25(34)23(31-10)29(8,9)20-14-13-15-21(30)17-20/h13-18,22-24,31H,12H2,1-11H3,(H,32,34)/b19-16+/t22-,23+,24-/m1/s1. The quantitative estimate of drug-likeness (QED) is 0.316. The van der Waals surface area contributed by atoms with E-state index in [4.69, 9.17) is 16.3 Å². The number of amides is 2. The average molecular weight is 536 g/mol. The number of esters is 1. The van der Waals surface area contributed by atoms with Gasteiger partial charge in [-0.1, -0.05) is 78.3 Å². The van der Waals surface area contributed by atoms with Gasteiger partial charge in [0.15, 0.2) is 0 Å². The number of halogens is 1. The lowest BCUT2D eigenvalue weighted by Gasteiger charge is -2.40. The first-order valence-corrected chi connectivity index (χ1v) is 13.2. The number of hydrogen-bond donors (Lipinski definition) is 2. The van der Waals surface area contributed by atoms with Gasteiger partial charge in [-0.2, -0.15) is 0 Å². The van der Waals surface area contributed by atoms with Gasteiger partial charge in [0.25, 0.3) is 0 Å². The Morgan fingerprint density at radius 3 is 2.16 bits per heavy atom. The molecule has 2 amide bonds. The fourth-order valence-corrected chi connectivity index (χ4v) is 4.61. The van der Waals surface area contributed by atoms with Crippen molar-refractivity contribution in [3.63, 3.8) is 0 Å². The molecule has 2 N–H and O–H groups in total. The van der Waals surface area contributed by atoms with Crippen LogP contribution in [0, 0.1) is 11.3 Å². The number of hydrogen-bond acceptors (Lipinski definition) is 5. The van der Waals surface area contributed by atoms with Crippen molar-refractivity contribution in [1.82, 2.24) is 15.5 Å². The molecule has 0 fully saturated rings. The summed E-state index contributed by atoms with van der Waals surface area (Å²) >= 11 is 6.22. The molecule has 0 radical (unpaired) electrons. The van der Waals surface area contributed by atoms with E-state index in [1.807, 2.05) is 66.7 Å². The van der Waals surface area contributed by atoms with E-state index in [-0.39, 0.29) is 30.4 Å². The minimum Gasteiger partial charge on any atom is -0.463 e. The number of carbonyl (C=O) groups excluding carboxylic acids is 3. The van der Waals surface area contributed by atoms with E-state index >= 15 is 0 Å². The highest BCUT2D eigenvalue weighted by Crippen LogP contribution is 2.30. The van der Waals surface area contributed by atoms with E-state index in [0.29, 0.717) is 10.6 Å². The first-order chi connectivity index (χ1) is 17.0. The van der Waals surface area contributed by atoms with Crippen molar-refractivity contribution in [1.29, 1.82) is 0 Å². The van der Waals surface area contributed by atoms with Crippen LogP contribution in [0.3, 0.4) is 0 Å². The SMILES string of the molecule is CCOC(=O)/C(C)=C/[C@H](C(C)C)N(C)C(=O)[C@@H](NC(=O)[C@H](NC)C(C)(C)c1cccc(Cl)c1)C(C)(C)C. The number of nitrogens with one attached hydrogen (secondary N) is 2. The van der Waals surface area contributed by atoms with Crippen LogP contribution in [0.15, 0.2) is 35.9 Å². The number of likely N-dealkylation sites (N-methyl/N-ethyl adjacent to an activating group) is 2. The maximum absolute atomic E-state index is 13.9. The van der Waals surface area contributed by atoms with E-state index in [9.17, 15) is 14.4 Å². The molecule has 7 nitrogen and oxygen atoms in total. The van der Waals surface area contributed by atoms with E-state index < -0.39 is 28.9 Å². The largest absolute Gasteiger partial charge is 0.463 e. The van der Waals surface area contributed by atoms with Crippen molar-refractivity contribution in [2.75, 3.05) is 20.7 Å². The van der Waals surface area contributed by atoms with Crippen LogP contribution >= 0.6 is 11.6 Å². The summed E-state index contributed by atoms with van der Waals surface area (Å²) in [6.07, 6.45) is 1.76. The topological polar surface area (TPSA) is 87.7 Å². The molecule has 3 atom stereocenters. The Morgan fingerprint density at radius 1 is 1.11 bits per heavy atom. The van der Waals surface area contributed by atoms with Gasteiger partial charge in [-0.25, -0.2) is 4.79 Å². The number of rotatable bonds is 11. The van der Waals surface area contributed by atoms with Gasteiger partial charge in [0.2, 0.25) is 11.8 Å². The van der Waals surface area contributed by atoms with Crippen molar-refractivity contribution < 1.29 is 19.1 Å². The van der Waals surface area contributed by atoms with Crippen molar-refractivity contribution >= 4 is 29.4 Å². The molecule has 208 valence electrons. The Kier molecular flexibility index (Phi) is 11.8. The summed E-state index contributed by atoms with van der Waals surface area (Å²) in [5, 5.41) is 6.76. The Labute approximate surface area is 228 Å². The molecule has 0 aromatic heterocycles. The third-order valence-electron chi connectivity index (χ3n) is 6.74. The fraction of sp³-hybridized carbons (Fsp3) is 0.621.